The first kappa shape index (κ1) is 17.8. The molecule has 0 bridgehead atoms. The van der Waals surface area contributed by atoms with Gasteiger partial charge in [0.15, 0.2) is 6.10 Å². The Kier molecular flexibility index (Phi) is 5.43. The van der Waals surface area contributed by atoms with Gasteiger partial charge in [0, 0.05) is 12.6 Å². The molecule has 0 aliphatic heterocycles. The molecule has 0 fully saturated rings. The summed E-state index contributed by atoms with van der Waals surface area (Å²) in [5.74, 6) is -0.822. The zero-order valence-electron chi connectivity index (χ0n) is 12.7. The van der Waals surface area contributed by atoms with Gasteiger partial charge in [0.1, 0.15) is 11.6 Å². The summed E-state index contributed by atoms with van der Waals surface area (Å²) >= 11 is 0. The van der Waals surface area contributed by atoms with Gasteiger partial charge in [-0.05, 0) is 36.8 Å². The van der Waals surface area contributed by atoms with E-state index in [1.54, 1.807) is 0 Å². The second-order valence-corrected chi connectivity index (χ2v) is 5.13. The lowest BCUT2D eigenvalue weighted by Crippen LogP contribution is -2.35. The highest BCUT2D eigenvalue weighted by atomic mass is 19.4. The van der Waals surface area contributed by atoms with E-state index in [-0.39, 0.29) is 12.3 Å². The van der Waals surface area contributed by atoms with Crippen molar-refractivity contribution >= 4 is 5.91 Å². The molecule has 24 heavy (non-hydrogen) atoms. The van der Waals surface area contributed by atoms with Crippen molar-refractivity contribution in [3.63, 3.8) is 0 Å². The predicted octanol–water partition coefficient (Wildman–Crippen LogP) is 3.93. The van der Waals surface area contributed by atoms with Crippen molar-refractivity contribution < 1.29 is 27.1 Å². The Morgan fingerprint density at radius 3 is 2.54 bits per heavy atom. The molecule has 0 saturated heterocycles. The zero-order valence-corrected chi connectivity index (χ0v) is 12.7. The second-order valence-electron chi connectivity index (χ2n) is 5.13. The van der Waals surface area contributed by atoms with Crippen LogP contribution in [0.5, 0.6) is 5.75 Å². The van der Waals surface area contributed by atoms with Crippen molar-refractivity contribution in [3.8, 4) is 5.75 Å². The SMILES string of the molecule is C[C@@H](Oc1cccc(F)c1)C(=O)NCc1cccc(C(F)(F)F)c1. The molecule has 0 aliphatic carbocycles. The lowest BCUT2D eigenvalue weighted by Gasteiger charge is -2.15. The molecule has 0 radical (unpaired) electrons. The first-order valence-corrected chi connectivity index (χ1v) is 7.12. The fraction of sp³-hybridized carbons (Fsp3) is 0.235. The molecule has 0 saturated carbocycles. The van der Waals surface area contributed by atoms with E-state index < -0.39 is 29.6 Å². The molecule has 128 valence electrons. The summed E-state index contributed by atoms with van der Waals surface area (Å²) in [6, 6.07) is 10.0. The van der Waals surface area contributed by atoms with Crippen LogP contribution in [0.1, 0.15) is 18.1 Å². The van der Waals surface area contributed by atoms with Crippen molar-refractivity contribution in [1.29, 1.82) is 0 Å². The van der Waals surface area contributed by atoms with Gasteiger partial charge in [-0.15, -0.1) is 0 Å². The first-order valence-electron chi connectivity index (χ1n) is 7.12. The molecule has 2 rings (SSSR count). The van der Waals surface area contributed by atoms with Gasteiger partial charge in [0.2, 0.25) is 0 Å². The third-order valence-electron chi connectivity index (χ3n) is 3.20. The van der Waals surface area contributed by atoms with E-state index in [9.17, 15) is 22.4 Å². The van der Waals surface area contributed by atoms with Crippen molar-refractivity contribution in [1.82, 2.24) is 5.32 Å². The van der Waals surface area contributed by atoms with Crippen molar-refractivity contribution in [2.75, 3.05) is 0 Å². The third kappa shape index (κ3) is 4.97. The number of hydrogen-bond acceptors (Lipinski definition) is 2. The Morgan fingerprint density at radius 1 is 1.17 bits per heavy atom. The maximum absolute atomic E-state index is 13.0. The third-order valence-corrected chi connectivity index (χ3v) is 3.20. The Hall–Kier alpha value is -2.57. The van der Waals surface area contributed by atoms with Crippen LogP contribution in [-0.4, -0.2) is 12.0 Å². The van der Waals surface area contributed by atoms with Crippen LogP contribution in [0.25, 0.3) is 0 Å². The average molecular weight is 341 g/mol. The number of carbonyl (C=O) groups is 1. The number of ether oxygens (including phenoxy) is 1. The largest absolute Gasteiger partial charge is 0.481 e. The number of carbonyl (C=O) groups excluding carboxylic acids is 1. The van der Waals surface area contributed by atoms with Gasteiger partial charge < -0.3 is 10.1 Å². The van der Waals surface area contributed by atoms with Gasteiger partial charge in [0.25, 0.3) is 5.91 Å². The summed E-state index contributed by atoms with van der Waals surface area (Å²) in [6.07, 6.45) is -5.36. The summed E-state index contributed by atoms with van der Waals surface area (Å²) in [5.41, 5.74) is -0.463. The van der Waals surface area contributed by atoms with E-state index >= 15 is 0 Å². The molecule has 0 aliphatic rings. The molecule has 2 aromatic rings. The van der Waals surface area contributed by atoms with Crippen molar-refractivity contribution in [3.05, 3.63) is 65.5 Å². The number of amides is 1. The smallest absolute Gasteiger partial charge is 0.416 e. The second kappa shape index (κ2) is 7.33. The molecule has 0 unspecified atom stereocenters. The average Bonchev–Trinajstić information content (AvgIpc) is 2.52. The van der Waals surface area contributed by atoms with E-state index in [1.165, 1.54) is 37.3 Å². The molecular weight excluding hydrogens is 326 g/mol. The van der Waals surface area contributed by atoms with Gasteiger partial charge >= 0.3 is 6.18 Å². The number of alkyl halides is 3. The molecule has 0 heterocycles. The van der Waals surface area contributed by atoms with Gasteiger partial charge in [0.05, 0.1) is 5.56 Å². The molecule has 7 heteroatoms. The van der Waals surface area contributed by atoms with E-state index in [0.29, 0.717) is 5.56 Å². The highest BCUT2D eigenvalue weighted by Crippen LogP contribution is 2.29. The Morgan fingerprint density at radius 2 is 1.88 bits per heavy atom. The van der Waals surface area contributed by atoms with E-state index in [2.05, 4.69) is 5.32 Å². The standard InChI is InChI=1S/C17H15F4NO2/c1-11(24-15-7-3-6-14(18)9-15)16(23)22-10-12-4-2-5-13(8-12)17(19,20)21/h2-9,11H,10H2,1H3,(H,22,23)/t11-/m1/s1. The van der Waals surface area contributed by atoms with Crippen LogP contribution in [0.2, 0.25) is 0 Å². The summed E-state index contributed by atoms with van der Waals surface area (Å²) in [4.78, 5) is 11.9. The number of rotatable bonds is 5. The lowest BCUT2D eigenvalue weighted by molar-refractivity contribution is -0.137. The summed E-state index contributed by atoms with van der Waals surface area (Å²) < 4.78 is 56.2. The van der Waals surface area contributed by atoms with Crippen LogP contribution >= 0.6 is 0 Å². The van der Waals surface area contributed by atoms with E-state index in [1.807, 2.05) is 0 Å². The highest BCUT2D eigenvalue weighted by Gasteiger charge is 2.30. The molecule has 1 N–H and O–H groups in total. The molecule has 2 aromatic carbocycles. The summed E-state index contributed by atoms with van der Waals surface area (Å²) in [5, 5.41) is 2.49. The maximum atomic E-state index is 13.0. The first-order chi connectivity index (χ1) is 11.3. The summed E-state index contributed by atoms with van der Waals surface area (Å²) in [7, 11) is 0. The Bertz CT molecular complexity index is 716. The highest BCUT2D eigenvalue weighted by molar-refractivity contribution is 5.80. The number of halogens is 4. The van der Waals surface area contributed by atoms with Crippen LogP contribution in [-0.2, 0) is 17.5 Å². The summed E-state index contributed by atoms with van der Waals surface area (Å²) in [6.45, 7) is 1.39. The van der Waals surface area contributed by atoms with Crippen molar-refractivity contribution in [2.45, 2.75) is 25.7 Å². The number of benzene rings is 2. The van der Waals surface area contributed by atoms with Gasteiger partial charge in [-0.2, -0.15) is 13.2 Å². The molecule has 0 aromatic heterocycles. The molecular formula is C17H15F4NO2. The van der Waals surface area contributed by atoms with E-state index in [4.69, 9.17) is 4.74 Å². The fourth-order valence-corrected chi connectivity index (χ4v) is 1.99. The zero-order chi connectivity index (χ0) is 17.7. The van der Waals surface area contributed by atoms with Crippen LogP contribution in [0.15, 0.2) is 48.5 Å². The minimum Gasteiger partial charge on any atom is -0.481 e. The minimum atomic E-state index is -4.44. The molecule has 1 amide bonds. The quantitative estimate of drug-likeness (QED) is 0.837. The molecule has 3 nitrogen and oxygen atoms in total. The Balaban J connectivity index is 1.93. The lowest BCUT2D eigenvalue weighted by atomic mass is 10.1. The Labute approximate surface area is 136 Å². The van der Waals surface area contributed by atoms with Crippen LogP contribution in [0.3, 0.4) is 0 Å². The van der Waals surface area contributed by atoms with Crippen molar-refractivity contribution in [2.24, 2.45) is 0 Å². The molecule has 1 atom stereocenters. The van der Waals surface area contributed by atoms with Crippen LogP contribution < -0.4 is 10.1 Å². The normalized spacial score (nSPS) is 12.5. The number of nitrogens with one attached hydrogen (secondary N) is 1. The monoisotopic (exact) mass is 341 g/mol. The maximum Gasteiger partial charge on any atom is 0.416 e. The fourth-order valence-electron chi connectivity index (χ4n) is 1.99. The van der Waals surface area contributed by atoms with Crippen LogP contribution in [0.4, 0.5) is 17.6 Å². The number of hydrogen-bond donors (Lipinski definition) is 1. The van der Waals surface area contributed by atoms with E-state index in [0.717, 1.165) is 18.2 Å². The molecule has 0 spiro atoms. The van der Waals surface area contributed by atoms with Crippen LogP contribution in [0, 0.1) is 5.82 Å². The predicted molar refractivity (Wildman–Crippen MR) is 79.8 cm³/mol. The minimum absolute atomic E-state index is 0.0698. The van der Waals surface area contributed by atoms with Gasteiger partial charge in [-0.3, -0.25) is 4.79 Å². The van der Waals surface area contributed by atoms with Gasteiger partial charge in [-0.1, -0.05) is 18.2 Å². The topological polar surface area (TPSA) is 38.3 Å². The van der Waals surface area contributed by atoms with Gasteiger partial charge in [-0.25, -0.2) is 4.39 Å².